The number of benzene rings is 1. The molecule has 1 saturated heterocycles. The summed E-state index contributed by atoms with van der Waals surface area (Å²) in [5.41, 5.74) is 5.50. The van der Waals surface area contributed by atoms with Gasteiger partial charge in [-0.1, -0.05) is 0 Å². The summed E-state index contributed by atoms with van der Waals surface area (Å²) in [5.74, 6) is -2.21. The molecule has 0 aromatic heterocycles. The second-order valence-electron chi connectivity index (χ2n) is 5.96. The lowest BCUT2D eigenvalue weighted by molar-refractivity contribution is -0.134. The minimum Gasteiger partial charge on any atom is -0.352 e. The van der Waals surface area contributed by atoms with Crippen LogP contribution in [0.15, 0.2) is 18.2 Å². The number of rotatable bonds is 6. The van der Waals surface area contributed by atoms with Crippen molar-refractivity contribution in [2.45, 2.75) is 38.1 Å². The lowest BCUT2D eigenvalue weighted by Gasteiger charge is -2.35. The summed E-state index contributed by atoms with van der Waals surface area (Å²) in [6.45, 7) is 1.45. The van der Waals surface area contributed by atoms with Crippen LogP contribution in [0.3, 0.4) is 0 Å². The molecular formula is C17H23F2N3O2. The van der Waals surface area contributed by atoms with Crippen molar-refractivity contribution in [1.29, 1.82) is 0 Å². The predicted molar refractivity (Wildman–Crippen MR) is 86.3 cm³/mol. The first-order valence-electron chi connectivity index (χ1n) is 8.25. The molecule has 2 amide bonds. The Morgan fingerprint density at radius 2 is 2.08 bits per heavy atom. The highest BCUT2D eigenvalue weighted by atomic mass is 19.1. The van der Waals surface area contributed by atoms with E-state index in [1.807, 2.05) is 4.90 Å². The van der Waals surface area contributed by atoms with Crippen LogP contribution in [0.25, 0.3) is 0 Å². The first kappa shape index (κ1) is 18.3. The summed E-state index contributed by atoms with van der Waals surface area (Å²) < 4.78 is 26.3. The highest BCUT2D eigenvalue weighted by Crippen LogP contribution is 2.17. The molecule has 5 nitrogen and oxygen atoms in total. The van der Waals surface area contributed by atoms with E-state index in [0.29, 0.717) is 25.5 Å². The fourth-order valence-electron chi connectivity index (χ4n) is 2.93. The lowest BCUT2D eigenvalue weighted by atomic mass is 10.0. The summed E-state index contributed by atoms with van der Waals surface area (Å²) in [6.07, 6.45) is 3.78. The number of likely N-dealkylation sites (tertiary alicyclic amines) is 1. The summed E-state index contributed by atoms with van der Waals surface area (Å²) in [5, 5.41) is 2.55. The number of nitrogens with one attached hydrogen (secondary N) is 1. The van der Waals surface area contributed by atoms with Gasteiger partial charge in [0.05, 0.1) is 5.56 Å². The van der Waals surface area contributed by atoms with Gasteiger partial charge in [0.15, 0.2) is 0 Å². The molecule has 1 aliphatic heterocycles. The third kappa shape index (κ3) is 4.74. The van der Waals surface area contributed by atoms with Crippen LogP contribution in [-0.2, 0) is 4.79 Å². The van der Waals surface area contributed by atoms with Gasteiger partial charge in [0.2, 0.25) is 5.91 Å². The smallest absolute Gasteiger partial charge is 0.254 e. The minimum atomic E-state index is -0.900. The number of amides is 2. The molecule has 0 saturated carbocycles. The number of hydrogen-bond acceptors (Lipinski definition) is 3. The van der Waals surface area contributed by atoms with Crippen LogP contribution in [0.2, 0.25) is 0 Å². The van der Waals surface area contributed by atoms with E-state index in [2.05, 4.69) is 5.32 Å². The number of carbonyl (C=O) groups is 2. The zero-order valence-electron chi connectivity index (χ0n) is 13.6. The third-order valence-electron chi connectivity index (χ3n) is 4.25. The summed E-state index contributed by atoms with van der Waals surface area (Å²) in [7, 11) is 0. The number of nitrogens with zero attached hydrogens (tertiary/aromatic N) is 1. The van der Waals surface area contributed by atoms with E-state index in [1.54, 1.807) is 0 Å². The summed E-state index contributed by atoms with van der Waals surface area (Å²) >= 11 is 0. The Bertz CT molecular complexity index is 595. The number of nitrogens with two attached hydrogens (primary N) is 1. The van der Waals surface area contributed by atoms with E-state index < -0.39 is 17.5 Å². The minimum absolute atomic E-state index is 0.0346. The van der Waals surface area contributed by atoms with Crippen molar-refractivity contribution in [2.24, 2.45) is 5.73 Å². The van der Waals surface area contributed by atoms with Gasteiger partial charge in [0.1, 0.15) is 11.6 Å². The Morgan fingerprint density at radius 1 is 1.29 bits per heavy atom. The van der Waals surface area contributed by atoms with Crippen molar-refractivity contribution in [3.8, 4) is 0 Å². The molecule has 1 heterocycles. The molecule has 0 spiro atoms. The molecule has 1 aromatic carbocycles. The van der Waals surface area contributed by atoms with Gasteiger partial charge in [-0.15, -0.1) is 0 Å². The van der Waals surface area contributed by atoms with Crippen molar-refractivity contribution in [1.82, 2.24) is 10.2 Å². The molecule has 1 aliphatic rings. The van der Waals surface area contributed by atoms with E-state index in [4.69, 9.17) is 5.73 Å². The standard InChI is InChI=1S/C17H23F2N3O2/c18-12-6-7-14(15(19)10-12)17(24)21-8-3-5-16(23)22-9-2-1-4-13(22)11-20/h6-7,10,13H,1-5,8-9,11,20H2,(H,21,24). The van der Waals surface area contributed by atoms with Crippen molar-refractivity contribution in [3.63, 3.8) is 0 Å². The van der Waals surface area contributed by atoms with E-state index >= 15 is 0 Å². The molecule has 132 valence electrons. The zero-order chi connectivity index (χ0) is 17.5. The molecule has 1 unspecified atom stereocenters. The number of hydrogen-bond donors (Lipinski definition) is 2. The Hall–Kier alpha value is -2.02. The van der Waals surface area contributed by atoms with Gasteiger partial charge in [-0.05, 0) is 37.8 Å². The Morgan fingerprint density at radius 3 is 2.79 bits per heavy atom. The Balaban J connectivity index is 1.75. The molecule has 2 rings (SSSR count). The second-order valence-corrected chi connectivity index (χ2v) is 5.96. The average molecular weight is 339 g/mol. The fraction of sp³-hybridized carbons (Fsp3) is 0.529. The van der Waals surface area contributed by atoms with E-state index in [-0.39, 0.29) is 24.1 Å². The molecule has 1 fully saturated rings. The normalized spacial score (nSPS) is 17.6. The number of piperidine rings is 1. The molecule has 0 bridgehead atoms. The third-order valence-corrected chi connectivity index (χ3v) is 4.25. The maximum Gasteiger partial charge on any atom is 0.254 e. The second kappa shape index (κ2) is 8.73. The Labute approximate surface area is 140 Å². The molecule has 24 heavy (non-hydrogen) atoms. The van der Waals surface area contributed by atoms with Gasteiger partial charge in [-0.3, -0.25) is 9.59 Å². The van der Waals surface area contributed by atoms with E-state index in [9.17, 15) is 18.4 Å². The van der Waals surface area contributed by atoms with Crippen LogP contribution < -0.4 is 11.1 Å². The van der Waals surface area contributed by atoms with Crippen molar-refractivity contribution in [3.05, 3.63) is 35.4 Å². The molecular weight excluding hydrogens is 316 g/mol. The largest absolute Gasteiger partial charge is 0.352 e. The van der Waals surface area contributed by atoms with Gasteiger partial charge < -0.3 is 16.0 Å². The first-order chi connectivity index (χ1) is 11.5. The monoisotopic (exact) mass is 339 g/mol. The van der Waals surface area contributed by atoms with Crippen LogP contribution in [-0.4, -0.2) is 42.4 Å². The highest BCUT2D eigenvalue weighted by molar-refractivity contribution is 5.94. The maximum absolute atomic E-state index is 13.5. The van der Waals surface area contributed by atoms with Gasteiger partial charge in [0.25, 0.3) is 5.91 Å². The van der Waals surface area contributed by atoms with Crippen LogP contribution in [0.4, 0.5) is 8.78 Å². The van der Waals surface area contributed by atoms with Crippen LogP contribution in [0.1, 0.15) is 42.5 Å². The van der Waals surface area contributed by atoms with E-state index in [0.717, 1.165) is 37.9 Å². The van der Waals surface area contributed by atoms with Gasteiger partial charge in [-0.25, -0.2) is 8.78 Å². The molecule has 1 atom stereocenters. The topological polar surface area (TPSA) is 75.4 Å². The summed E-state index contributed by atoms with van der Waals surface area (Å²) in [4.78, 5) is 25.9. The molecule has 7 heteroatoms. The Kier molecular flexibility index (Phi) is 6.66. The maximum atomic E-state index is 13.5. The van der Waals surface area contributed by atoms with Gasteiger partial charge >= 0.3 is 0 Å². The first-order valence-corrected chi connectivity index (χ1v) is 8.25. The van der Waals surface area contributed by atoms with Gasteiger partial charge in [0, 0.05) is 38.2 Å². The van der Waals surface area contributed by atoms with Crippen molar-refractivity contribution < 1.29 is 18.4 Å². The molecule has 0 radical (unpaired) electrons. The van der Waals surface area contributed by atoms with Gasteiger partial charge in [-0.2, -0.15) is 0 Å². The molecule has 3 N–H and O–H groups in total. The molecule has 0 aliphatic carbocycles. The zero-order valence-corrected chi connectivity index (χ0v) is 13.6. The predicted octanol–water partition coefficient (Wildman–Crippen LogP) is 1.81. The van der Waals surface area contributed by atoms with Crippen LogP contribution in [0.5, 0.6) is 0 Å². The molecule has 1 aromatic rings. The quantitative estimate of drug-likeness (QED) is 0.776. The lowest BCUT2D eigenvalue weighted by Crippen LogP contribution is -2.47. The fourth-order valence-corrected chi connectivity index (χ4v) is 2.93. The van der Waals surface area contributed by atoms with Crippen molar-refractivity contribution in [2.75, 3.05) is 19.6 Å². The van der Waals surface area contributed by atoms with Crippen molar-refractivity contribution >= 4 is 11.8 Å². The van der Waals surface area contributed by atoms with Crippen LogP contribution in [0, 0.1) is 11.6 Å². The average Bonchev–Trinajstić information content (AvgIpc) is 2.58. The number of halogens is 2. The number of carbonyl (C=O) groups excluding carboxylic acids is 2. The van der Waals surface area contributed by atoms with E-state index in [1.165, 1.54) is 0 Å². The highest BCUT2D eigenvalue weighted by Gasteiger charge is 2.24. The van der Waals surface area contributed by atoms with Crippen LogP contribution >= 0.6 is 0 Å². The summed E-state index contributed by atoms with van der Waals surface area (Å²) in [6, 6.07) is 2.91. The SMILES string of the molecule is NCC1CCCCN1C(=O)CCCNC(=O)c1ccc(F)cc1F.